The maximum absolute atomic E-state index is 13.1. The van der Waals surface area contributed by atoms with Gasteiger partial charge in [-0.05, 0) is 67.9 Å². The Morgan fingerprint density at radius 3 is 2.45 bits per heavy atom. The largest absolute Gasteiger partial charge is 0.508 e. The molecule has 2 heterocycles. The van der Waals surface area contributed by atoms with E-state index in [0.717, 1.165) is 0 Å². The number of aliphatic hydroxyl groups excluding tert-OH is 1. The van der Waals surface area contributed by atoms with Crippen LogP contribution < -0.4 is 4.74 Å². The summed E-state index contributed by atoms with van der Waals surface area (Å²) in [6.45, 7) is 3.89. The summed E-state index contributed by atoms with van der Waals surface area (Å²) < 4.78 is 5.64. The number of hydrogen-bond acceptors (Lipinski definition) is 6. The third-order valence-corrected chi connectivity index (χ3v) is 5.28. The first-order chi connectivity index (χ1) is 15.8. The van der Waals surface area contributed by atoms with E-state index >= 15 is 0 Å². The van der Waals surface area contributed by atoms with E-state index in [2.05, 4.69) is 4.98 Å². The van der Waals surface area contributed by atoms with Crippen LogP contribution in [-0.4, -0.2) is 37.9 Å². The molecule has 0 bridgehead atoms. The second-order valence-electron chi connectivity index (χ2n) is 8.03. The molecular weight excluding hydrogens is 420 g/mol. The number of Topliss-reactive ketones (excluding diaryl/α,β-unsaturated/α-hetero) is 1. The monoisotopic (exact) mass is 444 g/mol. The Hall–Kier alpha value is -4.13. The first-order valence-electron chi connectivity index (χ1n) is 10.6. The Morgan fingerprint density at radius 2 is 1.82 bits per heavy atom. The lowest BCUT2D eigenvalue weighted by Crippen LogP contribution is -2.29. The van der Waals surface area contributed by atoms with Crippen molar-refractivity contribution in [3.8, 4) is 11.5 Å². The van der Waals surface area contributed by atoms with Crippen molar-refractivity contribution in [1.82, 2.24) is 9.88 Å². The summed E-state index contributed by atoms with van der Waals surface area (Å²) in [5.74, 6) is -1.20. The van der Waals surface area contributed by atoms with Gasteiger partial charge in [0.05, 0.1) is 30.0 Å². The SMILES string of the molecule is CC(C)Oc1ccc(/C(O)=C2/C(=O)C(=O)N(Cc3ccccn3)C2c2cccc(O)c2)cc1. The van der Waals surface area contributed by atoms with E-state index < -0.39 is 17.7 Å². The standard InChI is InChI=1S/C26H24N2O5/c1-16(2)33-21-11-9-17(10-12-21)24(30)22-23(18-6-5-8-20(29)14-18)28(26(32)25(22)31)15-19-7-3-4-13-27-19/h3-14,16,23,29-30H,15H2,1-2H3/b24-22-. The van der Waals surface area contributed by atoms with Gasteiger partial charge in [-0.15, -0.1) is 0 Å². The summed E-state index contributed by atoms with van der Waals surface area (Å²) in [7, 11) is 0. The van der Waals surface area contributed by atoms with Crippen molar-refractivity contribution in [2.75, 3.05) is 0 Å². The molecule has 1 saturated heterocycles. The van der Waals surface area contributed by atoms with Gasteiger partial charge in [-0.2, -0.15) is 0 Å². The van der Waals surface area contributed by atoms with Crippen molar-refractivity contribution < 1.29 is 24.5 Å². The molecule has 2 N–H and O–H groups in total. The first-order valence-corrected chi connectivity index (χ1v) is 10.6. The molecule has 0 spiro atoms. The van der Waals surface area contributed by atoms with Gasteiger partial charge in [0.25, 0.3) is 11.7 Å². The molecule has 1 fully saturated rings. The maximum atomic E-state index is 13.1. The number of carbonyl (C=O) groups is 2. The number of phenols is 1. The molecule has 1 aliphatic heterocycles. The molecule has 7 heteroatoms. The van der Waals surface area contributed by atoms with Crippen molar-refractivity contribution in [3.63, 3.8) is 0 Å². The highest BCUT2D eigenvalue weighted by molar-refractivity contribution is 6.46. The molecule has 2 aromatic carbocycles. The first kappa shape index (κ1) is 22.1. The maximum Gasteiger partial charge on any atom is 0.296 e. The number of ether oxygens (including phenoxy) is 1. The van der Waals surface area contributed by atoms with E-state index in [1.165, 1.54) is 17.0 Å². The summed E-state index contributed by atoms with van der Waals surface area (Å²) in [4.78, 5) is 31.7. The summed E-state index contributed by atoms with van der Waals surface area (Å²) in [6.07, 6.45) is 1.60. The Labute approximate surface area is 191 Å². The van der Waals surface area contributed by atoms with Gasteiger partial charge in [-0.3, -0.25) is 14.6 Å². The lowest BCUT2D eigenvalue weighted by Gasteiger charge is -2.25. The van der Waals surface area contributed by atoms with Crippen molar-refractivity contribution in [2.45, 2.75) is 32.5 Å². The van der Waals surface area contributed by atoms with E-state index in [1.54, 1.807) is 60.8 Å². The summed E-state index contributed by atoms with van der Waals surface area (Å²) >= 11 is 0. The summed E-state index contributed by atoms with van der Waals surface area (Å²) in [5.41, 5.74) is 1.44. The van der Waals surface area contributed by atoms with Crippen LogP contribution in [0.2, 0.25) is 0 Å². The minimum absolute atomic E-state index is 0.00729. The smallest absolute Gasteiger partial charge is 0.296 e. The number of benzene rings is 2. The second-order valence-corrected chi connectivity index (χ2v) is 8.03. The van der Waals surface area contributed by atoms with Crippen LogP contribution in [0.3, 0.4) is 0 Å². The van der Waals surface area contributed by atoms with Gasteiger partial charge < -0.3 is 19.8 Å². The number of aromatic hydroxyl groups is 1. The van der Waals surface area contributed by atoms with Gasteiger partial charge >= 0.3 is 0 Å². The minimum Gasteiger partial charge on any atom is -0.508 e. The van der Waals surface area contributed by atoms with Gasteiger partial charge in [0.1, 0.15) is 17.3 Å². The Kier molecular flexibility index (Phi) is 6.13. The lowest BCUT2D eigenvalue weighted by molar-refractivity contribution is -0.140. The summed E-state index contributed by atoms with van der Waals surface area (Å²) in [5, 5.41) is 21.2. The second kappa shape index (κ2) is 9.16. The Balaban J connectivity index is 1.80. The van der Waals surface area contributed by atoms with Crippen LogP contribution >= 0.6 is 0 Å². The van der Waals surface area contributed by atoms with Crippen LogP contribution in [0, 0.1) is 0 Å². The van der Waals surface area contributed by atoms with E-state index in [9.17, 15) is 19.8 Å². The fourth-order valence-corrected chi connectivity index (χ4v) is 3.87. The molecule has 0 saturated carbocycles. The normalized spacial score (nSPS) is 17.5. The number of carbonyl (C=O) groups excluding carboxylic acids is 2. The highest BCUT2D eigenvalue weighted by atomic mass is 16.5. The molecule has 0 aliphatic carbocycles. The minimum atomic E-state index is -0.884. The predicted octanol–water partition coefficient (Wildman–Crippen LogP) is 4.20. The Bertz CT molecular complexity index is 1200. The molecule has 33 heavy (non-hydrogen) atoms. The molecule has 1 aromatic heterocycles. The number of hydrogen-bond donors (Lipinski definition) is 2. The van der Waals surface area contributed by atoms with Crippen LogP contribution in [-0.2, 0) is 16.1 Å². The van der Waals surface area contributed by atoms with Gasteiger partial charge in [0, 0.05) is 11.8 Å². The van der Waals surface area contributed by atoms with Gasteiger partial charge in [0.15, 0.2) is 0 Å². The fraction of sp³-hybridized carbons (Fsp3) is 0.192. The number of aromatic nitrogens is 1. The third kappa shape index (κ3) is 4.57. The number of aliphatic hydroxyl groups is 1. The molecule has 1 aliphatic rings. The topological polar surface area (TPSA) is 100.0 Å². The predicted molar refractivity (Wildman–Crippen MR) is 122 cm³/mol. The number of pyridine rings is 1. The number of likely N-dealkylation sites (tertiary alicyclic amines) is 1. The number of ketones is 1. The third-order valence-electron chi connectivity index (χ3n) is 5.28. The highest BCUT2D eigenvalue weighted by Gasteiger charge is 2.46. The average molecular weight is 444 g/mol. The van der Waals surface area contributed by atoms with Gasteiger partial charge in [-0.25, -0.2) is 0 Å². The number of rotatable bonds is 6. The van der Waals surface area contributed by atoms with Crippen molar-refractivity contribution in [2.24, 2.45) is 0 Å². The van der Waals surface area contributed by atoms with Crippen molar-refractivity contribution in [1.29, 1.82) is 0 Å². The van der Waals surface area contributed by atoms with E-state index in [0.29, 0.717) is 22.6 Å². The molecule has 4 rings (SSSR count). The fourth-order valence-electron chi connectivity index (χ4n) is 3.87. The molecule has 7 nitrogen and oxygen atoms in total. The zero-order valence-electron chi connectivity index (χ0n) is 18.3. The molecular formula is C26H24N2O5. The van der Waals surface area contributed by atoms with Crippen LogP contribution in [0.4, 0.5) is 0 Å². The molecule has 1 unspecified atom stereocenters. The van der Waals surface area contributed by atoms with E-state index in [-0.39, 0.29) is 29.7 Å². The van der Waals surface area contributed by atoms with Gasteiger partial charge in [0.2, 0.25) is 0 Å². The Morgan fingerprint density at radius 1 is 1.06 bits per heavy atom. The molecule has 1 amide bonds. The van der Waals surface area contributed by atoms with Crippen molar-refractivity contribution in [3.05, 3.63) is 95.3 Å². The molecule has 3 aromatic rings. The quantitative estimate of drug-likeness (QED) is 0.336. The molecule has 1 atom stereocenters. The number of amides is 1. The van der Waals surface area contributed by atoms with Crippen molar-refractivity contribution >= 4 is 17.4 Å². The zero-order valence-corrected chi connectivity index (χ0v) is 18.3. The summed E-state index contributed by atoms with van der Waals surface area (Å²) in [6, 6.07) is 17.4. The van der Waals surface area contributed by atoms with Gasteiger partial charge in [-0.1, -0.05) is 18.2 Å². The number of phenolic OH excluding ortho intramolecular Hbond substituents is 1. The van der Waals surface area contributed by atoms with Crippen LogP contribution in [0.25, 0.3) is 5.76 Å². The van der Waals surface area contributed by atoms with Crippen LogP contribution in [0.5, 0.6) is 11.5 Å². The van der Waals surface area contributed by atoms with E-state index in [1.807, 2.05) is 13.8 Å². The zero-order chi connectivity index (χ0) is 23.5. The van der Waals surface area contributed by atoms with E-state index in [4.69, 9.17) is 4.74 Å². The average Bonchev–Trinajstić information content (AvgIpc) is 3.04. The number of nitrogens with zero attached hydrogens (tertiary/aromatic N) is 2. The van der Waals surface area contributed by atoms with Crippen LogP contribution in [0.1, 0.15) is 36.7 Å². The molecule has 0 radical (unpaired) electrons. The highest BCUT2D eigenvalue weighted by Crippen LogP contribution is 2.41. The molecule has 168 valence electrons. The van der Waals surface area contributed by atoms with Crippen LogP contribution in [0.15, 0.2) is 78.5 Å². The lowest BCUT2D eigenvalue weighted by atomic mass is 9.95.